The highest BCUT2D eigenvalue weighted by atomic mass is 16.5. The molecule has 0 bridgehead atoms. The third-order valence-corrected chi connectivity index (χ3v) is 1.86. The van der Waals surface area contributed by atoms with Gasteiger partial charge in [0.25, 0.3) is 0 Å². The molecule has 1 heterocycles. The van der Waals surface area contributed by atoms with Crippen LogP contribution in [0.2, 0.25) is 0 Å². The van der Waals surface area contributed by atoms with Crippen LogP contribution in [-0.4, -0.2) is 58.1 Å². The maximum absolute atomic E-state index is 5.38. The van der Waals surface area contributed by atoms with E-state index in [4.69, 9.17) is 9.47 Å². The first kappa shape index (κ1) is 9.92. The second kappa shape index (κ2) is 6.37. The van der Waals surface area contributed by atoms with Crippen molar-refractivity contribution in [2.45, 2.75) is 0 Å². The van der Waals surface area contributed by atoms with Gasteiger partial charge in [0.1, 0.15) is 0 Å². The summed E-state index contributed by atoms with van der Waals surface area (Å²) in [6.45, 7) is 5.87. The molecule has 0 spiro atoms. The van der Waals surface area contributed by atoms with Crippen LogP contribution < -0.4 is 5.32 Å². The van der Waals surface area contributed by atoms with E-state index >= 15 is 0 Å². The predicted molar refractivity (Wildman–Crippen MR) is 47.1 cm³/mol. The van der Waals surface area contributed by atoms with Crippen molar-refractivity contribution in [3.63, 3.8) is 0 Å². The minimum atomic E-state index is 0.636. The minimum Gasteiger partial charge on any atom is -0.379 e. The first-order valence-corrected chi connectivity index (χ1v) is 4.44. The molecule has 0 radical (unpaired) electrons. The Bertz CT molecular complexity index is 99.2. The Morgan fingerprint density at radius 2 is 1.83 bits per heavy atom. The van der Waals surface area contributed by atoms with Crippen LogP contribution in [0.1, 0.15) is 0 Å². The van der Waals surface area contributed by atoms with Crippen molar-refractivity contribution < 1.29 is 9.47 Å². The summed E-state index contributed by atoms with van der Waals surface area (Å²) in [4.78, 5) is 2.21. The average molecular weight is 174 g/mol. The normalized spacial score (nSPS) is 24.8. The second-order valence-corrected chi connectivity index (χ2v) is 2.97. The molecule has 12 heavy (non-hydrogen) atoms. The fraction of sp³-hybridized carbons (Fsp3) is 1.00. The third-order valence-electron chi connectivity index (χ3n) is 1.86. The van der Waals surface area contributed by atoms with Crippen molar-refractivity contribution in [2.24, 2.45) is 0 Å². The van der Waals surface area contributed by atoms with Crippen LogP contribution in [0.15, 0.2) is 0 Å². The van der Waals surface area contributed by atoms with Gasteiger partial charge in [0, 0.05) is 19.6 Å². The first-order valence-electron chi connectivity index (χ1n) is 4.44. The SMILES string of the molecule is CN1CCOCCNCOCC1. The quantitative estimate of drug-likeness (QED) is 0.537. The molecule has 1 saturated heterocycles. The molecule has 1 N–H and O–H groups in total. The molecule has 1 fully saturated rings. The zero-order chi connectivity index (χ0) is 8.65. The molecule has 1 aliphatic rings. The van der Waals surface area contributed by atoms with Crippen molar-refractivity contribution in [3.8, 4) is 0 Å². The maximum atomic E-state index is 5.38. The van der Waals surface area contributed by atoms with Gasteiger partial charge >= 0.3 is 0 Å². The van der Waals surface area contributed by atoms with Gasteiger partial charge in [-0.2, -0.15) is 0 Å². The zero-order valence-corrected chi connectivity index (χ0v) is 7.71. The lowest BCUT2D eigenvalue weighted by Crippen LogP contribution is -2.27. The van der Waals surface area contributed by atoms with Crippen LogP contribution >= 0.6 is 0 Å². The summed E-state index contributed by atoms with van der Waals surface area (Å²) in [6, 6.07) is 0. The summed E-state index contributed by atoms with van der Waals surface area (Å²) in [5.41, 5.74) is 0. The molecule has 0 saturated carbocycles. The zero-order valence-electron chi connectivity index (χ0n) is 7.71. The number of nitrogens with one attached hydrogen (secondary N) is 1. The highest BCUT2D eigenvalue weighted by molar-refractivity contribution is 4.51. The van der Waals surface area contributed by atoms with Gasteiger partial charge in [-0.15, -0.1) is 0 Å². The Morgan fingerprint density at radius 3 is 2.67 bits per heavy atom. The Morgan fingerprint density at radius 1 is 1.08 bits per heavy atom. The molecule has 0 aromatic carbocycles. The topological polar surface area (TPSA) is 33.7 Å². The summed E-state index contributed by atoms with van der Waals surface area (Å²) in [5.74, 6) is 0. The van der Waals surface area contributed by atoms with E-state index < -0.39 is 0 Å². The Hall–Kier alpha value is -0.160. The van der Waals surface area contributed by atoms with Crippen LogP contribution in [0.25, 0.3) is 0 Å². The number of hydrogen-bond donors (Lipinski definition) is 1. The molecule has 0 unspecified atom stereocenters. The molecule has 0 aromatic rings. The van der Waals surface area contributed by atoms with Crippen molar-refractivity contribution in [1.82, 2.24) is 10.2 Å². The molecule has 0 amide bonds. The minimum absolute atomic E-state index is 0.636. The molecular weight excluding hydrogens is 156 g/mol. The first-order chi connectivity index (χ1) is 5.89. The molecule has 0 aromatic heterocycles. The standard InChI is InChI=1S/C8H18N2O2/c1-10-3-6-11-5-2-9-8-12-7-4-10/h9H,2-8H2,1H3. The monoisotopic (exact) mass is 174 g/mol. The van der Waals surface area contributed by atoms with Gasteiger partial charge < -0.3 is 14.4 Å². The van der Waals surface area contributed by atoms with Gasteiger partial charge in [0.05, 0.1) is 26.6 Å². The van der Waals surface area contributed by atoms with Gasteiger partial charge in [-0.1, -0.05) is 0 Å². The molecule has 0 aliphatic carbocycles. The maximum Gasteiger partial charge on any atom is 0.0966 e. The lowest BCUT2D eigenvalue weighted by atomic mass is 10.5. The Balaban J connectivity index is 2.13. The number of ether oxygens (including phenoxy) is 2. The van der Waals surface area contributed by atoms with Crippen molar-refractivity contribution >= 4 is 0 Å². The Labute approximate surface area is 73.8 Å². The average Bonchev–Trinajstić information content (AvgIpc) is 2.11. The van der Waals surface area contributed by atoms with Crippen molar-refractivity contribution in [3.05, 3.63) is 0 Å². The third kappa shape index (κ3) is 4.66. The second-order valence-electron chi connectivity index (χ2n) is 2.97. The molecule has 1 aliphatic heterocycles. The van der Waals surface area contributed by atoms with E-state index in [9.17, 15) is 0 Å². The van der Waals surface area contributed by atoms with Crippen LogP contribution in [-0.2, 0) is 9.47 Å². The predicted octanol–water partition coefficient (Wildman–Crippen LogP) is -0.488. The van der Waals surface area contributed by atoms with Gasteiger partial charge in [0.2, 0.25) is 0 Å². The van der Waals surface area contributed by atoms with E-state index in [1.165, 1.54) is 0 Å². The lowest BCUT2D eigenvalue weighted by molar-refractivity contribution is 0.0994. The molecule has 4 nitrogen and oxygen atoms in total. The summed E-state index contributed by atoms with van der Waals surface area (Å²) in [7, 11) is 2.08. The summed E-state index contributed by atoms with van der Waals surface area (Å²) in [5, 5.41) is 3.13. The van der Waals surface area contributed by atoms with E-state index in [0.29, 0.717) is 6.73 Å². The fourth-order valence-corrected chi connectivity index (χ4v) is 1.02. The fourth-order valence-electron chi connectivity index (χ4n) is 1.02. The van der Waals surface area contributed by atoms with Crippen LogP contribution in [0.5, 0.6) is 0 Å². The summed E-state index contributed by atoms with van der Waals surface area (Å²) >= 11 is 0. The number of nitrogens with zero attached hydrogens (tertiary/aromatic N) is 1. The number of likely N-dealkylation sites (N-methyl/N-ethyl adjacent to an activating group) is 1. The van der Waals surface area contributed by atoms with E-state index in [-0.39, 0.29) is 0 Å². The van der Waals surface area contributed by atoms with Crippen LogP contribution in [0, 0.1) is 0 Å². The van der Waals surface area contributed by atoms with Gasteiger partial charge in [-0.25, -0.2) is 0 Å². The van der Waals surface area contributed by atoms with E-state index in [2.05, 4.69) is 17.3 Å². The molecule has 4 heteroatoms. The van der Waals surface area contributed by atoms with E-state index in [1.807, 2.05) is 0 Å². The summed E-state index contributed by atoms with van der Waals surface area (Å²) in [6.07, 6.45) is 0. The Kier molecular flexibility index (Phi) is 5.27. The molecule has 0 atom stereocenters. The molecule has 72 valence electrons. The molecule has 1 rings (SSSR count). The highest BCUT2D eigenvalue weighted by Gasteiger charge is 1.99. The van der Waals surface area contributed by atoms with Crippen LogP contribution in [0.3, 0.4) is 0 Å². The largest absolute Gasteiger partial charge is 0.379 e. The van der Waals surface area contributed by atoms with Crippen LogP contribution in [0.4, 0.5) is 0 Å². The van der Waals surface area contributed by atoms with Gasteiger partial charge in [-0.3, -0.25) is 5.32 Å². The summed E-state index contributed by atoms with van der Waals surface area (Å²) < 4.78 is 10.7. The molecular formula is C8H18N2O2. The number of rotatable bonds is 0. The highest BCUT2D eigenvalue weighted by Crippen LogP contribution is 1.86. The van der Waals surface area contributed by atoms with Crippen molar-refractivity contribution in [2.75, 3.05) is 53.2 Å². The lowest BCUT2D eigenvalue weighted by Gasteiger charge is -2.14. The smallest absolute Gasteiger partial charge is 0.0966 e. The number of hydrogen-bond acceptors (Lipinski definition) is 4. The van der Waals surface area contributed by atoms with E-state index in [1.54, 1.807) is 0 Å². The van der Waals surface area contributed by atoms with E-state index in [0.717, 1.165) is 39.5 Å². The van der Waals surface area contributed by atoms with Gasteiger partial charge in [0.15, 0.2) is 0 Å². The van der Waals surface area contributed by atoms with Crippen molar-refractivity contribution in [1.29, 1.82) is 0 Å². The van der Waals surface area contributed by atoms with Gasteiger partial charge in [-0.05, 0) is 7.05 Å².